The molecule has 0 aliphatic carbocycles. The van der Waals surface area contributed by atoms with Crippen molar-refractivity contribution < 1.29 is 9.84 Å². The number of nitrogens with zero attached hydrogens (tertiary/aromatic N) is 5. The van der Waals surface area contributed by atoms with Crippen molar-refractivity contribution in [3.8, 4) is 17.1 Å². The van der Waals surface area contributed by atoms with Gasteiger partial charge >= 0.3 is 0 Å². The number of aromatic nitrogens is 5. The maximum absolute atomic E-state index is 9.43. The molecule has 1 aliphatic rings. The first-order valence-corrected chi connectivity index (χ1v) is 9.52. The summed E-state index contributed by atoms with van der Waals surface area (Å²) in [5.41, 5.74) is 3.52. The van der Waals surface area contributed by atoms with E-state index in [-0.39, 0.29) is 11.8 Å². The quantitative estimate of drug-likeness (QED) is 0.524. The Morgan fingerprint density at radius 2 is 2.00 bits per heavy atom. The number of hydrogen-bond acceptors (Lipinski definition) is 7. The van der Waals surface area contributed by atoms with Crippen molar-refractivity contribution in [1.29, 1.82) is 0 Å². The fraction of sp³-hybridized carbons (Fsp3) is 0.238. The van der Waals surface area contributed by atoms with E-state index >= 15 is 0 Å². The number of ether oxygens (including phenoxy) is 1. The van der Waals surface area contributed by atoms with Crippen molar-refractivity contribution in [2.45, 2.75) is 12.5 Å². The average Bonchev–Trinajstić information content (AvgIpc) is 3.12. The highest BCUT2D eigenvalue weighted by atomic mass is 16.5. The first-order valence-electron chi connectivity index (χ1n) is 9.52. The number of fused-ring (bicyclic) bond motifs is 1. The van der Waals surface area contributed by atoms with Crippen LogP contribution in [0.25, 0.3) is 22.6 Å². The molecule has 0 amide bonds. The first kappa shape index (κ1) is 17.6. The molecule has 0 atom stereocenters. The lowest BCUT2D eigenvalue weighted by atomic mass is 10.1. The number of aromatic hydroxyl groups is 1. The Balaban J connectivity index is 1.47. The summed E-state index contributed by atoms with van der Waals surface area (Å²) < 4.78 is 7.40. The van der Waals surface area contributed by atoms with E-state index in [4.69, 9.17) is 14.7 Å². The molecule has 4 heterocycles. The van der Waals surface area contributed by atoms with E-state index in [1.165, 1.54) is 0 Å². The summed E-state index contributed by atoms with van der Waals surface area (Å²) in [6, 6.07) is 11.3. The molecule has 146 valence electrons. The summed E-state index contributed by atoms with van der Waals surface area (Å²) >= 11 is 0. The predicted molar refractivity (Wildman–Crippen MR) is 109 cm³/mol. The molecule has 8 heteroatoms. The van der Waals surface area contributed by atoms with Crippen molar-refractivity contribution in [1.82, 2.24) is 24.5 Å². The standard InChI is InChI=1S/C21H20N6O2/c28-17-5-3-14(4-6-17)7-9-23-20-18-21(27(13-24-18)16-11-29-12-16)26-19(25-20)15-2-1-8-22-10-15/h1-6,8,10,13,16,28H,7,9,11-12H2,(H,23,25,26). The molecule has 1 aromatic carbocycles. The molecule has 3 aromatic heterocycles. The number of hydrogen-bond donors (Lipinski definition) is 2. The van der Waals surface area contributed by atoms with Gasteiger partial charge < -0.3 is 19.7 Å². The Bertz CT molecular complexity index is 1120. The normalized spacial score (nSPS) is 14.1. The monoisotopic (exact) mass is 388 g/mol. The molecule has 8 nitrogen and oxygen atoms in total. The smallest absolute Gasteiger partial charge is 0.166 e. The van der Waals surface area contributed by atoms with Crippen LogP contribution in [0, 0.1) is 0 Å². The highest BCUT2D eigenvalue weighted by Crippen LogP contribution is 2.28. The summed E-state index contributed by atoms with van der Waals surface area (Å²) in [5.74, 6) is 1.58. The van der Waals surface area contributed by atoms with E-state index in [0.717, 1.165) is 28.7 Å². The predicted octanol–water partition coefficient (Wildman–Crippen LogP) is 2.82. The third-order valence-corrected chi connectivity index (χ3v) is 5.00. The van der Waals surface area contributed by atoms with Gasteiger partial charge in [0.1, 0.15) is 11.3 Å². The fourth-order valence-corrected chi connectivity index (χ4v) is 3.30. The SMILES string of the molecule is Oc1ccc(CCNc2nc(-c3cccnc3)nc3c2ncn3C2COC2)cc1. The number of benzene rings is 1. The lowest BCUT2D eigenvalue weighted by Crippen LogP contribution is -2.30. The zero-order valence-electron chi connectivity index (χ0n) is 15.7. The summed E-state index contributed by atoms with van der Waals surface area (Å²) in [6.45, 7) is 2.02. The van der Waals surface area contributed by atoms with Crippen molar-refractivity contribution >= 4 is 17.0 Å². The van der Waals surface area contributed by atoms with Crippen LogP contribution in [0.4, 0.5) is 5.82 Å². The molecule has 0 saturated carbocycles. The molecule has 0 unspecified atom stereocenters. The second-order valence-corrected chi connectivity index (χ2v) is 7.00. The second kappa shape index (κ2) is 7.48. The van der Waals surface area contributed by atoms with Gasteiger partial charge in [-0.3, -0.25) is 4.98 Å². The number of rotatable bonds is 6. The largest absolute Gasteiger partial charge is 0.508 e. The zero-order chi connectivity index (χ0) is 19.6. The molecule has 0 bridgehead atoms. The minimum Gasteiger partial charge on any atom is -0.508 e. The third-order valence-electron chi connectivity index (χ3n) is 5.00. The highest BCUT2D eigenvalue weighted by molar-refractivity contribution is 5.85. The Labute approximate surface area is 167 Å². The molecular formula is C21H20N6O2. The number of anilines is 1. The summed E-state index contributed by atoms with van der Waals surface area (Å²) in [6.07, 6.45) is 6.10. The van der Waals surface area contributed by atoms with Gasteiger partial charge in [-0.2, -0.15) is 0 Å². The zero-order valence-corrected chi connectivity index (χ0v) is 15.7. The van der Waals surface area contributed by atoms with Crippen LogP contribution in [0.5, 0.6) is 5.75 Å². The van der Waals surface area contributed by atoms with Crippen molar-refractivity contribution in [2.24, 2.45) is 0 Å². The van der Waals surface area contributed by atoms with Gasteiger partial charge in [-0.25, -0.2) is 15.0 Å². The highest BCUT2D eigenvalue weighted by Gasteiger charge is 2.24. The minimum atomic E-state index is 0.251. The van der Waals surface area contributed by atoms with Crippen LogP contribution in [0.2, 0.25) is 0 Å². The van der Waals surface area contributed by atoms with Gasteiger partial charge in [0.2, 0.25) is 0 Å². The van der Waals surface area contributed by atoms with Gasteiger partial charge in [0.05, 0.1) is 25.6 Å². The number of nitrogens with one attached hydrogen (secondary N) is 1. The van der Waals surface area contributed by atoms with Crippen LogP contribution in [0.3, 0.4) is 0 Å². The molecule has 4 aromatic rings. The van der Waals surface area contributed by atoms with E-state index in [1.807, 2.05) is 30.6 Å². The second-order valence-electron chi connectivity index (χ2n) is 7.00. The maximum Gasteiger partial charge on any atom is 0.166 e. The Morgan fingerprint density at radius 1 is 1.14 bits per heavy atom. The number of phenolic OH excluding ortho intramolecular Hbond substituents is 1. The first-order chi connectivity index (χ1) is 14.3. The Morgan fingerprint density at radius 3 is 2.72 bits per heavy atom. The molecule has 1 aliphatic heterocycles. The van der Waals surface area contributed by atoms with Crippen molar-refractivity contribution in [2.75, 3.05) is 25.1 Å². The van der Waals surface area contributed by atoms with Crippen LogP contribution < -0.4 is 5.32 Å². The lowest BCUT2D eigenvalue weighted by molar-refractivity contribution is -0.0218. The number of imidazole rings is 1. The van der Waals surface area contributed by atoms with Crippen LogP contribution >= 0.6 is 0 Å². The average molecular weight is 388 g/mol. The lowest BCUT2D eigenvalue weighted by Gasteiger charge is -2.27. The van der Waals surface area contributed by atoms with Crippen molar-refractivity contribution in [3.05, 3.63) is 60.7 Å². The molecule has 5 rings (SSSR count). The van der Waals surface area contributed by atoms with Crippen LogP contribution in [-0.4, -0.2) is 49.4 Å². The van der Waals surface area contributed by atoms with Crippen LogP contribution in [-0.2, 0) is 11.2 Å². The van der Waals surface area contributed by atoms with Gasteiger partial charge in [-0.1, -0.05) is 12.1 Å². The van der Waals surface area contributed by atoms with Crippen LogP contribution in [0.15, 0.2) is 55.1 Å². The van der Waals surface area contributed by atoms with Gasteiger partial charge in [0.15, 0.2) is 17.3 Å². The molecule has 0 spiro atoms. The molecule has 29 heavy (non-hydrogen) atoms. The molecular weight excluding hydrogens is 368 g/mol. The van der Waals surface area contributed by atoms with Crippen LogP contribution in [0.1, 0.15) is 11.6 Å². The molecule has 2 N–H and O–H groups in total. The molecule has 1 fully saturated rings. The molecule has 0 radical (unpaired) electrons. The van der Waals surface area contributed by atoms with E-state index in [1.54, 1.807) is 24.5 Å². The number of pyridine rings is 1. The Kier molecular flexibility index (Phi) is 4.53. The number of phenols is 1. The van der Waals surface area contributed by atoms with E-state index in [2.05, 4.69) is 19.9 Å². The maximum atomic E-state index is 9.43. The third kappa shape index (κ3) is 3.50. The molecule has 1 saturated heterocycles. The van der Waals surface area contributed by atoms with Gasteiger partial charge in [0, 0.05) is 24.5 Å². The topological polar surface area (TPSA) is 98.0 Å². The van der Waals surface area contributed by atoms with Gasteiger partial charge in [-0.15, -0.1) is 0 Å². The Hall–Kier alpha value is -3.52. The minimum absolute atomic E-state index is 0.251. The van der Waals surface area contributed by atoms with Gasteiger partial charge in [0.25, 0.3) is 0 Å². The summed E-state index contributed by atoms with van der Waals surface area (Å²) in [4.78, 5) is 18.2. The van der Waals surface area contributed by atoms with E-state index < -0.39 is 0 Å². The van der Waals surface area contributed by atoms with Gasteiger partial charge in [-0.05, 0) is 36.2 Å². The van der Waals surface area contributed by atoms with E-state index in [0.29, 0.717) is 31.4 Å². The van der Waals surface area contributed by atoms with Crippen molar-refractivity contribution in [3.63, 3.8) is 0 Å². The van der Waals surface area contributed by atoms with E-state index in [9.17, 15) is 5.11 Å². The fourth-order valence-electron chi connectivity index (χ4n) is 3.30. The summed E-state index contributed by atoms with van der Waals surface area (Å²) in [7, 11) is 0. The summed E-state index contributed by atoms with van der Waals surface area (Å²) in [5, 5.41) is 12.8.